The smallest absolute Gasteiger partial charge is 0.321 e. The first-order valence-corrected chi connectivity index (χ1v) is 6.45. The highest BCUT2D eigenvalue weighted by Gasteiger charge is 2.25. The molecule has 0 aromatic heterocycles. The third kappa shape index (κ3) is 3.01. The topological polar surface area (TPSA) is 58.2 Å². The molecule has 0 saturated carbocycles. The van der Waals surface area contributed by atoms with E-state index in [4.69, 9.17) is 11.6 Å². The van der Waals surface area contributed by atoms with Crippen molar-refractivity contribution in [2.75, 3.05) is 12.4 Å². The van der Waals surface area contributed by atoms with Crippen LogP contribution in [0.4, 0.5) is 4.79 Å². The lowest BCUT2D eigenvalue weighted by Crippen LogP contribution is -2.42. The number of imide groups is 1. The molecule has 4 nitrogen and oxygen atoms in total. The Morgan fingerprint density at radius 3 is 2.83 bits per heavy atom. The van der Waals surface area contributed by atoms with E-state index in [1.165, 1.54) is 11.1 Å². The molecular weight excluding hydrogens is 252 g/mol. The van der Waals surface area contributed by atoms with Crippen molar-refractivity contribution in [3.63, 3.8) is 0 Å². The highest BCUT2D eigenvalue weighted by molar-refractivity contribution is 6.19. The molecule has 1 aliphatic rings. The summed E-state index contributed by atoms with van der Waals surface area (Å²) in [5.41, 5.74) is 2.62. The van der Waals surface area contributed by atoms with Crippen molar-refractivity contribution in [2.24, 2.45) is 0 Å². The first kappa shape index (κ1) is 12.9. The second kappa shape index (κ2) is 5.87. The predicted molar refractivity (Wildman–Crippen MR) is 69.8 cm³/mol. The monoisotopic (exact) mass is 266 g/mol. The van der Waals surface area contributed by atoms with E-state index in [-0.39, 0.29) is 18.2 Å². The van der Waals surface area contributed by atoms with E-state index in [0.717, 1.165) is 6.42 Å². The predicted octanol–water partition coefficient (Wildman–Crippen LogP) is 1.78. The maximum Gasteiger partial charge on any atom is 0.321 e. The molecule has 0 fully saturated rings. The third-order valence-corrected chi connectivity index (χ3v) is 3.23. The SMILES string of the molecule is O=C(CCCl)NC(=O)NCC1Cc2ccccc21. The Labute approximate surface area is 111 Å². The van der Waals surface area contributed by atoms with Crippen LogP contribution in [0, 0.1) is 0 Å². The lowest BCUT2D eigenvalue weighted by molar-refractivity contribution is -0.119. The van der Waals surface area contributed by atoms with Crippen LogP contribution in [0.1, 0.15) is 23.5 Å². The molecule has 0 spiro atoms. The fourth-order valence-corrected chi connectivity index (χ4v) is 2.25. The maximum absolute atomic E-state index is 11.4. The molecule has 1 aromatic carbocycles. The molecule has 0 heterocycles. The van der Waals surface area contributed by atoms with E-state index in [9.17, 15) is 9.59 Å². The summed E-state index contributed by atoms with van der Waals surface area (Å²) < 4.78 is 0. The number of hydrogen-bond acceptors (Lipinski definition) is 2. The molecular formula is C13H15ClN2O2. The van der Waals surface area contributed by atoms with Gasteiger partial charge in [0, 0.05) is 24.8 Å². The molecule has 96 valence electrons. The van der Waals surface area contributed by atoms with Crippen LogP contribution >= 0.6 is 11.6 Å². The molecule has 1 aromatic rings. The number of carbonyl (C=O) groups is 2. The lowest BCUT2D eigenvalue weighted by Gasteiger charge is -2.30. The Morgan fingerprint density at radius 1 is 1.33 bits per heavy atom. The van der Waals surface area contributed by atoms with Gasteiger partial charge in [-0.2, -0.15) is 0 Å². The summed E-state index contributed by atoms with van der Waals surface area (Å²) in [4.78, 5) is 22.5. The summed E-state index contributed by atoms with van der Waals surface area (Å²) in [5, 5.41) is 4.94. The molecule has 1 atom stereocenters. The second-order valence-electron chi connectivity index (χ2n) is 4.30. The highest BCUT2D eigenvalue weighted by atomic mass is 35.5. The molecule has 0 bridgehead atoms. The van der Waals surface area contributed by atoms with E-state index in [2.05, 4.69) is 22.8 Å². The number of rotatable bonds is 4. The number of hydrogen-bond donors (Lipinski definition) is 2. The highest BCUT2D eigenvalue weighted by Crippen LogP contribution is 2.33. The van der Waals surface area contributed by atoms with Gasteiger partial charge in [-0.25, -0.2) is 4.79 Å². The van der Waals surface area contributed by atoms with Crippen molar-refractivity contribution in [3.8, 4) is 0 Å². The van der Waals surface area contributed by atoms with Gasteiger partial charge in [-0.3, -0.25) is 10.1 Å². The Bertz CT molecular complexity index is 462. The van der Waals surface area contributed by atoms with E-state index in [1.807, 2.05) is 12.1 Å². The summed E-state index contributed by atoms with van der Waals surface area (Å²) in [6.45, 7) is 0.553. The van der Waals surface area contributed by atoms with Crippen LogP contribution in [0.2, 0.25) is 0 Å². The van der Waals surface area contributed by atoms with Gasteiger partial charge in [-0.15, -0.1) is 11.6 Å². The molecule has 18 heavy (non-hydrogen) atoms. The molecule has 3 amide bonds. The van der Waals surface area contributed by atoms with E-state index in [0.29, 0.717) is 12.5 Å². The molecule has 0 saturated heterocycles. The van der Waals surface area contributed by atoms with Crippen LogP contribution in [0.15, 0.2) is 24.3 Å². The van der Waals surface area contributed by atoms with Crippen LogP contribution in [0.25, 0.3) is 0 Å². The van der Waals surface area contributed by atoms with Gasteiger partial charge in [0.15, 0.2) is 0 Å². The number of alkyl halides is 1. The second-order valence-corrected chi connectivity index (χ2v) is 4.68. The van der Waals surface area contributed by atoms with Crippen LogP contribution < -0.4 is 10.6 Å². The van der Waals surface area contributed by atoms with Crippen molar-refractivity contribution in [1.29, 1.82) is 0 Å². The molecule has 1 aliphatic carbocycles. The minimum atomic E-state index is -0.450. The Hall–Kier alpha value is -1.55. The quantitative estimate of drug-likeness (QED) is 0.816. The van der Waals surface area contributed by atoms with Gasteiger partial charge in [0.25, 0.3) is 0 Å². The van der Waals surface area contributed by atoms with Crippen LogP contribution in [0.3, 0.4) is 0 Å². The molecule has 2 N–H and O–H groups in total. The lowest BCUT2D eigenvalue weighted by atomic mass is 9.78. The van der Waals surface area contributed by atoms with Crippen LogP contribution in [0.5, 0.6) is 0 Å². The summed E-state index contributed by atoms with van der Waals surface area (Å²) in [5.74, 6) is 0.223. The fraction of sp³-hybridized carbons (Fsp3) is 0.385. The Kier molecular flexibility index (Phi) is 4.20. The first-order chi connectivity index (χ1) is 8.70. The Balaban J connectivity index is 1.74. The van der Waals surface area contributed by atoms with Crippen molar-refractivity contribution in [2.45, 2.75) is 18.8 Å². The van der Waals surface area contributed by atoms with Crippen molar-refractivity contribution in [3.05, 3.63) is 35.4 Å². The van der Waals surface area contributed by atoms with Gasteiger partial charge >= 0.3 is 6.03 Å². The number of urea groups is 1. The minimum Gasteiger partial charge on any atom is -0.337 e. The third-order valence-electron chi connectivity index (χ3n) is 3.04. The standard InChI is InChI=1S/C13H15ClN2O2/c14-6-5-12(17)16-13(18)15-8-10-7-9-3-1-2-4-11(9)10/h1-4,10H,5-8H2,(H2,15,16,17,18). The number of amides is 3. The van der Waals surface area contributed by atoms with Crippen LogP contribution in [-0.2, 0) is 11.2 Å². The van der Waals surface area contributed by atoms with Gasteiger partial charge in [0.2, 0.25) is 5.91 Å². The maximum atomic E-state index is 11.4. The number of halogens is 1. The normalized spacial score (nSPS) is 16.4. The minimum absolute atomic E-state index is 0.154. The zero-order chi connectivity index (χ0) is 13.0. The average Bonchev–Trinajstić information content (AvgIpc) is 2.30. The van der Waals surface area contributed by atoms with E-state index >= 15 is 0 Å². The van der Waals surface area contributed by atoms with Crippen molar-refractivity contribution < 1.29 is 9.59 Å². The summed E-state index contributed by atoms with van der Waals surface area (Å²) in [6, 6.07) is 7.72. The van der Waals surface area contributed by atoms with Gasteiger partial charge in [0.1, 0.15) is 0 Å². The largest absolute Gasteiger partial charge is 0.337 e. The van der Waals surface area contributed by atoms with Crippen molar-refractivity contribution >= 4 is 23.5 Å². The van der Waals surface area contributed by atoms with Gasteiger partial charge in [-0.05, 0) is 17.5 Å². The van der Waals surface area contributed by atoms with Gasteiger partial charge < -0.3 is 5.32 Å². The first-order valence-electron chi connectivity index (χ1n) is 5.92. The number of nitrogens with one attached hydrogen (secondary N) is 2. The zero-order valence-corrected chi connectivity index (χ0v) is 10.7. The number of fused-ring (bicyclic) bond motifs is 1. The average molecular weight is 267 g/mol. The molecule has 2 rings (SSSR count). The van der Waals surface area contributed by atoms with Crippen molar-refractivity contribution in [1.82, 2.24) is 10.6 Å². The summed E-state index contributed by atoms with van der Waals surface area (Å²) >= 11 is 5.40. The van der Waals surface area contributed by atoms with Gasteiger partial charge in [0.05, 0.1) is 0 Å². The molecule has 0 aliphatic heterocycles. The van der Waals surface area contributed by atoms with Gasteiger partial charge in [-0.1, -0.05) is 24.3 Å². The summed E-state index contributed by atoms with van der Waals surface area (Å²) in [7, 11) is 0. The van der Waals surface area contributed by atoms with E-state index < -0.39 is 6.03 Å². The zero-order valence-electron chi connectivity index (χ0n) is 9.91. The number of benzene rings is 1. The Morgan fingerprint density at radius 2 is 2.11 bits per heavy atom. The van der Waals surface area contributed by atoms with E-state index in [1.54, 1.807) is 0 Å². The van der Waals surface area contributed by atoms with Crippen LogP contribution in [-0.4, -0.2) is 24.4 Å². The molecule has 0 radical (unpaired) electrons. The molecule has 1 unspecified atom stereocenters. The fourth-order valence-electron chi connectivity index (χ4n) is 2.08. The summed E-state index contributed by atoms with van der Waals surface area (Å²) in [6.07, 6.45) is 1.13. The molecule has 5 heteroatoms. The number of carbonyl (C=O) groups excluding carboxylic acids is 2.